The number of hydrogen-bond acceptors (Lipinski definition) is 1. The van der Waals surface area contributed by atoms with Gasteiger partial charge in [-0.05, 0) is 45.7 Å². The standard InChI is InChI=1S/C12H23N/c1-10(2)7-9-13-11(3)6-8-12(13,4)5/h7,9-11H,6,8H2,1-5H3/b9-7+/t11-/m1/s1. The average Bonchev–Trinajstić information content (AvgIpc) is 2.23. The maximum absolute atomic E-state index is 2.51. The summed E-state index contributed by atoms with van der Waals surface area (Å²) >= 11 is 0. The van der Waals surface area contributed by atoms with E-state index in [9.17, 15) is 0 Å². The molecule has 1 aliphatic heterocycles. The first-order valence-corrected chi connectivity index (χ1v) is 5.40. The van der Waals surface area contributed by atoms with E-state index in [-0.39, 0.29) is 0 Å². The summed E-state index contributed by atoms with van der Waals surface area (Å²) in [4.78, 5) is 2.51. The molecule has 1 heterocycles. The molecule has 0 radical (unpaired) electrons. The highest BCUT2D eigenvalue weighted by molar-refractivity contribution is 5.00. The molecule has 0 unspecified atom stereocenters. The third-order valence-corrected chi connectivity index (χ3v) is 2.98. The fraction of sp³-hybridized carbons (Fsp3) is 0.833. The molecule has 1 rings (SSSR count). The minimum atomic E-state index is 0.366. The van der Waals surface area contributed by atoms with Gasteiger partial charge in [0.05, 0.1) is 0 Å². The van der Waals surface area contributed by atoms with Crippen LogP contribution in [-0.2, 0) is 0 Å². The fourth-order valence-electron chi connectivity index (χ4n) is 2.04. The second-order valence-electron chi connectivity index (χ2n) is 5.19. The third kappa shape index (κ3) is 2.49. The molecule has 1 atom stereocenters. The third-order valence-electron chi connectivity index (χ3n) is 2.98. The summed E-state index contributed by atoms with van der Waals surface area (Å²) in [5.41, 5.74) is 0.366. The van der Waals surface area contributed by atoms with Crippen LogP contribution in [0.15, 0.2) is 12.3 Å². The lowest BCUT2D eigenvalue weighted by atomic mass is 10.0. The van der Waals surface area contributed by atoms with Gasteiger partial charge in [-0.15, -0.1) is 0 Å². The second-order valence-corrected chi connectivity index (χ2v) is 5.19. The largest absolute Gasteiger partial charge is 0.370 e. The Morgan fingerprint density at radius 2 is 2.00 bits per heavy atom. The summed E-state index contributed by atoms with van der Waals surface area (Å²) in [6.45, 7) is 11.4. The monoisotopic (exact) mass is 181 g/mol. The summed E-state index contributed by atoms with van der Waals surface area (Å²) in [5, 5.41) is 0. The van der Waals surface area contributed by atoms with Gasteiger partial charge in [-0.25, -0.2) is 0 Å². The van der Waals surface area contributed by atoms with Gasteiger partial charge in [-0.1, -0.05) is 19.9 Å². The minimum absolute atomic E-state index is 0.366. The number of rotatable bonds is 2. The van der Waals surface area contributed by atoms with E-state index in [1.165, 1.54) is 12.8 Å². The number of likely N-dealkylation sites (tertiary alicyclic amines) is 1. The van der Waals surface area contributed by atoms with Gasteiger partial charge >= 0.3 is 0 Å². The Bertz CT molecular complexity index is 191. The predicted molar refractivity (Wildman–Crippen MR) is 58.6 cm³/mol. The average molecular weight is 181 g/mol. The molecule has 0 aromatic heterocycles. The molecule has 1 nitrogen and oxygen atoms in total. The molecule has 0 saturated carbocycles. The molecule has 0 bridgehead atoms. The van der Waals surface area contributed by atoms with Crippen LogP contribution in [0.4, 0.5) is 0 Å². The Hall–Kier alpha value is -0.460. The Labute approximate surface area is 82.8 Å². The molecule has 1 saturated heterocycles. The van der Waals surface area contributed by atoms with Gasteiger partial charge in [-0.3, -0.25) is 0 Å². The molecule has 1 aliphatic rings. The molecule has 1 fully saturated rings. The zero-order valence-electron chi connectivity index (χ0n) is 9.67. The first-order valence-electron chi connectivity index (χ1n) is 5.40. The zero-order chi connectivity index (χ0) is 10.1. The Morgan fingerprint density at radius 3 is 2.38 bits per heavy atom. The van der Waals surface area contributed by atoms with Crippen LogP contribution in [0.25, 0.3) is 0 Å². The van der Waals surface area contributed by atoms with Gasteiger partial charge in [0, 0.05) is 11.6 Å². The van der Waals surface area contributed by atoms with Gasteiger partial charge in [-0.2, -0.15) is 0 Å². The first kappa shape index (κ1) is 10.6. The molecular weight excluding hydrogens is 158 g/mol. The van der Waals surface area contributed by atoms with Crippen LogP contribution in [-0.4, -0.2) is 16.5 Å². The molecule has 0 aromatic rings. The van der Waals surface area contributed by atoms with E-state index in [0.717, 1.165) is 0 Å². The maximum atomic E-state index is 2.51. The van der Waals surface area contributed by atoms with E-state index < -0.39 is 0 Å². The molecule has 0 aromatic carbocycles. The molecule has 0 aliphatic carbocycles. The summed E-state index contributed by atoms with van der Waals surface area (Å²) in [6.07, 6.45) is 7.23. The van der Waals surface area contributed by atoms with Crippen molar-refractivity contribution in [2.45, 2.75) is 59.0 Å². The SMILES string of the molecule is CC(C)/C=C/N1[C@H](C)CCC1(C)C. The van der Waals surface area contributed by atoms with Crippen molar-refractivity contribution < 1.29 is 0 Å². The number of hydrogen-bond donors (Lipinski definition) is 0. The summed E-state index contributed by atoms with van der Waals surface area (Å²) in [7, 11) is 0. The Balaban J connectivity index is 2.66. The van der Waals surface area contributed by atoms with E-state index in [0.29, 0.717) is 17.5 Å². The number of nitrogens with zero attached hydrogens (tertiary/aromatic N) is 1. The topological polar surface area (TPSA) is 3.24 Å². The molecule has 76 valence electrons. The van der Waals surface area contributed by atoms with E-state index in [1.54, 1.807) is 0 Å². The van der Waals surface area contributed by atoms with Gasteiger partial charge < -0.3 is 4.90 Å². The number of allylic oxidation sites excluding steroid dienone is 1. The van der Waals surface area contributed by atoms with Crippen LogP contribution >= 0.6 is 0 Å². The van der Waals surface area contributed by atoms with Gasteiger partial charge in [0.15, 0.2) is 0 Å². The van der Waals surface area contributed by atoms with Crippen LogP contribution in [0.2, 0.25) is 0 Å². The lowest BCUT2D eigenvalue weighted by molar-refractivity contribution is 0.208. The van der Waals surface area contributed by atoms with Crippen molar-refractivity contribution in [2.24, 2.45) is 5.92 Å². The van der Waals surface area contributed by atoms with Crippen molar-refractivity contribution in [1.82, 2.24) is 4.90 Å². The van der Waals surface area contributed by atoms with Crippen LogP contribution in [0.1, 0.15) is 47.5 Å². The van der Waals surface area contributed by atoms with E-state index in [1.807, 2.05) is 0 Å². The Morgan fingerprint density at radius 1 is 1.38 bits per heavy atom. The lowest BCUT2D eigenvalue weighted by Gasteiger charge is -2.33. The van der Waals surface area contributed by atoms with Crippen molar-refractivity contribution in [3.05, 3.63) is 12.3 Å². The normalized spacial score (nSPS) is 27.8. The van der Waals surface area contributed by atoms with Crippen LogP contribution in [0.5, 0.6) is 0 Å². The second kappa shape index (κ2) is 3.73. The van der Waals surface area contributed by atoms with Crippen molar-refractivity contribution in [3.63, 3.8) is 0 Å². The zero-order valence-corrected chi connectivity index (χ0v) is 9.67. The highest BCUT2D eigenvalue weighted by atomic mass is 15.2. The van der Waals surface area contributed by atoms with E-state index in [4.69, 9.17) is 0 Å². The minimum Gasteiger partial charge on any atom is -0.370 e. The maximum Gasteiger partial charge on any atom is 0.0344 e. The Kier molecular flexibility index (Phi) is 3.05. The molecule has 0 spiro atoms. The van der Waals surface area contributed by atoms with Crippen LogP contribution < -0.4 is 0 Å². The van der Waals surface area contributed by atoms with Gasteiger partial charge in [0.2, 0.25) is 0 Å². The van der Waals surface area contributed by atoms with Gasteiger partial charge in [0.25, 0.3) is 0 Å². The van der Waals surface area contributed by atoms with Crippen molar-refractivity contribution in [1.29, 1.82) is 0 Å². The van der Waals surface area contributed by atoms with Crippen molar-refractivity contribution >= 4 is 0 Å². The van der Waals surface area contributed by atoms with Crippen molar-refractivity contribution in [3.8, 4) is 0 Å². The van der Waals surface area contributed by atoms with E-state index >= 15 is 0 Å². The van der Waals surface area contributed by atoms with Crippen molar-refractivity contribution in [2.75, 3.05) is 0 Å². The van der Waals surface area contributed by atoms with Crippen LogP contribution in [0, 0.1) is 5.92 Å². The molecule has 0 amide bonds. The highest BCUT2D eigenvalue weighted by Gasteiger charge is 2.34. The fourth-order valence-corrected chi connectivity index (χ4v) is 2.04. The molecular formula is C12H23N. The smallest absolute Gasteiger partial charge is 0.0344 e. The molecule has 13 heavy (non-hydrogen) atoms. The lowest BCUT2D eigenvalue weighted by Crippen LogP contribution is -2.37. The summed E-state index contributed by atoms with van der Waals surface area (Å²) in [6, 6.07) is 0.713. The first-order chi connectivity index (χ1) is 5.93. The van der Waals surface area contributed by atoms with Crippen LogP contribution in [0.3, 0.4) is 0 Å². The predicted octanol–water partition coefficient (Wildman–Crippen LogP) is 3.42. The molecule has 1 heteroatoms. The summed E-state index contributed by atoms with van der Waals surface area (Å²) < 4.78 is 0. The highest BCUT2D eigenvalue weighted by Crippen LogP contribution is 2.33. The van der Waals surface area contributed by atoms with Gasteiger partial charge in [0.1, 0.15) is 0 Å². The van der Waals surface area contributed by atoms with E-state index in [2.05, 4.69) is 51.8 Å². The quantitative estimate of drug-likeness (QED) is 0.631. The molecule has 0 N–H and O–H groups in total. The summed E-state index contributed by atoms with van der Waals surface area (Å²) in [5.74, 6) is 0.656.